The first kappa shape index (κ1) is 40.6. The number of hydrogen-bond acceptors (Lipinski definition) is 1. The van der Waals surface area contributed by atoms with Gasteiger partial charge < -0.3 is 0 Å². The topological polar surface area (TPSA) is 12.9 Å². The molecule has 12 aromatic rings. The highest BCUT2D eigenvalue weighted by molar-refractivity contribution is 6.21. The molecule has 1 heteroatoms. The normalized spacial score (nSPS) is 11.2. The van der Waals surface area contributed by atoms with Crippen LogP contribution < -0.4 is 0 Å². The minimum Gasteiger partial charge on any atom is -0.264 e. The van der Waals surface area contributed by atoms with E-state index in [0.717, 1.165) is 22.3 Å². The molecule has 0 aliphatic rings. The Balaban J connectivity index is 1.06. The van der Waals surface area contributed by atoms with E-state index >= 15 is 0 Å². The number of nitrogens with zero attached hydrogens (tertiary/aromatic N) is 1. The van der Waals surface area contributed by atoms with E-state index in [9.17, 15) is 0 Å². The Labute approximate surface area is 398 Å². The molecule has 0 amide bonds. The number of benzene rings is 11. The molecule has 0 radical (unpaired) electrons. The Morgan fingerprint density at radius 3 is 0.956 bits per heavy atom. The highest BCUT2D eigenvalue weighted by Crippen LogP contribution is 2.51. The standard InChI is InChI=1S/C67H45N/c1-5-21-46(22-6-1)61-44-62(66(48-25-9-3-10-26-48)67(49-27-11-4-12-28-49)65(61)47-23-7-2-8-24-47)53-32-17-29-50(41-53)51-30-18-33-54(42-51)63-57-36-13-15-38-59(57)64(60-39-16-14-37-58(60)63)55-34-19-31-52(43-55)56-35-20-40-68-45-56/h1-45H. The van der Waals surface area contributed by atoms with Gasteiger partial charge in [-0.25, -0.2) is 0 Å². The van der Waals surface area contributed by atoms with Crippen LogP contribution in [-0.4, -0.2) is 4.98 Å². The molecule has 0 saturated heterocycles. The monoisotopic (exact) mass is 863 g/mol. The number of aromatic nitrogens is 1. The van der Waals surface area contributed by atoms with Crippen LogP contribution in [0.5, 0.6) is 0 Å². The SMILES string of the molecule is c1ccc(-c2cc(-c3cccc(-c4cccc(-c5c6ccccc6c(-c6cccc(-c7cccnc7)c6)c6ccccc56)c4)c3)c(-c3ccccc3)c(-c3ccccc3)c2-c2ccccc2)cc1. The summed E-state index contributed by atoms with van der Waals surface area (Å²) in [6, 6.07) is 95.2. The molecule has 68 heavy (non-hydrogen) atoms. The van der Waals surface area contributed by atoms with Gasteiger partial charge in [0.2, 0.25) is 0 Å². The largest absolute Gasteiger partial charge is 0.264 e. The first-order valence-electron chi connectivity index (χ1n) is 23.3. The minimum absolute atomic E-state index is 1.11. The Kier molecular flexibility index (Phi) is 10.6. The maximum Gasteiger partial charge on any atom is 0.0346 e. The van der Waals surface area contributed by atoms with Crippen LogP contribution in [0.25, 0.3) is 122 Å². The van der Waals surface area contributed by atoms with Gasteiger partial charge in [0.25, 0.3) is 0 Å². The van der Waals surface area contributed by atoms with E-state index in [0.29, 0.717) is 0 Å². The summed E-state index contributed by atoms with van der Waals surface area (Å²) in [6.45, 7) is 0. The van der Waals surface area contributed by atoms with Crippen molar-refractivity contribution in [3.05, 3.63) is 273 Å². The first-order valence-corrected chi connectivity index (χ1v) is 23.3. The molecule has 12 rings (SSSR count). The number of rotatable bonds is 9. The Morgan fingerprint density at radius 2 is 0.515 bits per heavy atom. The summed E-state index contributed by atoms with van der Waals surface area (Å²) in [5.41, 5.74) is 21.4. The van der Waals surface area contributed by atoms with Crippen LogP contribution in [0.4, 0.5) is 0 Å². The molecule has 0 bridgehead atoms. The van der Waals surface area contributed by atoms with Crippen molar-refractivity contribution in [1.29, 1.82) is 0 Å². The van der Waals surface area contributed by atoms with E-state index in [1.54, 1.807) is 0 Å². The number of fused-ring (bicyclic) bond motifs is 2. The third kappa shape index (κ3) is 7.47. The predicted octanol–water partition coefficient (Wildman–Crippen LogP) is 18.4. The lowest BCUT2D eigenvalue weighted by molar-refractivity contribution is 1.33. The van der Waals surface area contributed by atoms with Crippen LogP contribution >= 0.6 is 0 Å². The fourth-order valence-corrected chi connectivity index (χ4v) is 10.3. The van der Waals surface area contributed by atoms with Crippen molar-refractivity contribution in [3.8, 4) is 100 Å². The molecule has 1 aromatic heterocycles. The van der Waals surface area contributed by atoms with Gasteiger partial charge in [-0.1, -0.05) is 231 Å². The Morgan fingerprint density at radius 1 is 0.191 bits per heavy atom. The summed E-state index contributed by atoms with van der Waals surface area (Å²) in [4.78, 5) is 4.42. The van der Waals surface area contributed by atoms with Crippen molar-refractivity contribution >= 4 is 21.5 Å². The van der Waals surface area contributed by atoms with Crippen LogP contribution in [0, 0.1) is 0 Å². The molecule has 0 aliphatic heterocycles. The quantitative estimate of drug-likeness (QED) is 0.132. The lowest BCUT2D eigenvalue weighted by Gasteiger charge is -2.24. The van der Waals surface area contributed by atoms with Crippen molar-refractivity contribution in [2.24, 2.45) is 0 Å². The van der Waals surface area contributed by atoms with Gasteiger partial charge in [0.05, 0.1) is 0 Å². The molecular weight excluding hydrogens is 819 g/mol. The van der Waals surface area contributed by atoms with Gasteiger partial charge in [0.15, 0.2) is 0 Å². The molecule has 0 unspecified atom stereocenters. The number of pyridine rings is 1. The zero-order chi connectivity index (χ0) is 45.2. The van der Waals surface area contributed by atoms with E-state index in [1.165, 1.54) is 99.4 Å². The van der Waals surface area contributed by atoms with Gasteiger partial charge in [0, 0.05) is 18.0 Å². The molecular formula is C67H45N. The average Bonchev–Trinajstić information content (AvgIpc) is 3.43. The predicted molar refractivity (Wildman–Crippen MR) is 288 cm³/mol. The second-order valence-corrected chi connectivity index (χ2v) is 17.4. The molecule has 0 atom stereocenters. The fraction of sp³-hybridized carbons (Fsp3) is 0. The van der Waals surface area contributed by atoms with E-state index in [-0.39, 0.29) is 0 Å². The van der Waals surface area contributed by atoms with Crippen LogP contribution in [0.1, 0.15) is 0 Å². The fourth-order valence-electron chi connectivity index (χ4n) is 10.3. The third-order valence-corrected chi connectivity index (χ3v) is 13.3. The molecule has 11 aromatic carbocycles. The average molecular weight is 864 g/mol. The summed E-state index contributed by atoms with van der Waals surface area (Å²) in [5.74, 6) is 0. The molecule has 0 fully saturated rings. The summed E-state index contributed by atoms with van der Waals surface area (Å²) in [6.07, 6.45) is 3.77. The van der Waals surface area contributed by atoms with Gasteiger partial charge >= 0.3 is 0 Å². The Hall–Kier alpha value is -8.91. The van der Waals surface area contributed by atoms with E-state index in [2.05, 4.69) is 260 Å². The Bertz CT molecular complexity index is 3690. The van der Waals surface area contributed by atoms with Gasteiger partial charge in [-0.05, 0) is 146 Å². The minimum atomic E-state index is 1.11. The summed E-state index contributed by atoms with van der Waals surface area (Å²) >= 11 is 0. The van der Waals surface area contributed by atoms with Crippen molar-refractivity contribution in [1.82, 2.24) is 4.98 Å². The van der Waals surface area contributed by atoms with Crippen LogP contribution in [0.3, 0.4) is 0 Å². The van der Waals surface area contributed by atoms with Gasteiger partial charge in [-0.15, -0.1) is 0 Å². The lowest BCUT2D eigenvalue weighted by Crippen LogP contribution is -1.98. The lowest BCUT2D eigenvalue weighted by atomic mass is 9.78. The van der Waals surface area contributed by atoms with E-state index in [1.807, 2.05) is 18.5 Å². The van der Waals surface area contributed by atoms with Gasteiger partial charge in [-0.3, -0.25) is 4.98 Å². The molecule has 1 nitrogen and oxygen atoms in total. The highest BCUT2D eigenvalue weighted by atomic mass is 14.6. The zero-order valence-corrected chi connectivity index (χ0v) is 37.4. The summed E-state index contributed by atoms with van der Waals surface area (Å²) in [5, 5.41) is 4.92. The van der Waals surface area contributed by atoms with E-state index in [4.69, 9.17) is 0 Å². The third-order valence-electron chi connectivity index (χ3n) is 13.3. The van der Waals surface area contributed by atoms with Gasteiger partial charge in [0.1, 0.15) is 0 Å². The second-order valence-electron chi connectivity index (χ2n) is 17.4. The molecule has 0 spiro atoms. The first-order chi connectivity index (χ1) is 33.8. The van der Waals surface area contributed by atoms with Crippen molar-refractivity contribution in [2.45, 2.75) is 0 Å². The maximum absolute atomic E-state index is 4.42. The number of hydrogen-bond donors (Lipinski definition) is 0. The summed E-state index contributed by atoms with van der Waals surface area (Å²) in [7, 11) is 0. The smallest absolute Gasteiger partial charge is 0.0346 e. The van der Waals surface area contributed by atoms with Crippen molar-refractivity contribution in [3.63, 3.8) is 0 Å². The van der Waals surface area contributed by atoms with Gasteiger partial charge in [-0.2, -0.15) is 0 Å². The second kappa shape index (κ2) is 17.8. The van der Waals surface area contributed by atoms with Crippen molar-refractivity contribution in [2.75, 3.05) is 0 Å². The molecule has 0 saturated carbocycles. The van der Waals surface area contributed by atoms with Crippen LogP contribution in [0.15, 0.2) is 273 Å². The molecule has 0 aliphatic carbocycles. The summed E-state index contributed by atoms with van der Waals surface area (Å²) < 4.78 is 0. The molecule has 318 valence electrons. The zero-order valence-electron chi connectivity index (χ0n) is 37.4. The van der Waals surface area contributed by atoms with Crippen molar-refractivity contribution < 1.29 is 0 Å². The van der Waals surface area contributed by atoms with Crippen LogP contribution in [0.2, 0.25) is 0 Å². The molecule has 1 heterocycles. The molecule has 0 N–H and O–H groups in total. The highest BCUT2D eigenvalue weighted by Gasteiger charge is 2.24. The maximum atomic E-state index is 4.42. The van der Waals surface area contributed by atoms with E-state index < -0.39 is 0 Å². The van der Waals surface area contributed by atoms with Crippen LogP contribution in [-0.2, 0) is 0 Å².